The molecule has 2 aliphatic carbocycles. The SMILES string of the molecule is COC(=O)C1CCN(C(=O)C23CCC(c4nc(C#N)c(C#N)nc42)C3(C)C)CC1. The Bertz CT molecular complexity index is 981. The first-order chi connectivity index (χ1) is 13.8. The van der Waals surface area contributed by atoms with Crippen LogP contribution in [0.1, 0.15) is 68.2 Å². The lowest BCUT2D eigenvalue weighted by Gasteiger charge is -2.42. The van der Waals surface area contributed by atoms with Crippen LogP contribution in [0.15, 0.2) is 0 Å². The van der Waals surface area contributed by atoms with E-state index in [2.05, 4.69) is 23.8 Å². The molecule has 1 aromatic rings. The molecule has 1 saturated heterocycles. The summed E-state index contributed by atoms with van der Waals surface area (Å²) in [6.07, 6.45) is 2.61. The summed E-state index contributed by atoms with van der Waals surface area (Å²) in [4.78, 5) is 36.5. The van der Waals surface area contributed by atoms with Crippen molar-refractivity contribution < 1.29 is 14.3 Å². The van der Waals surface area contributed by atoms with Gasteiger partial charge in [-0.2, -0.15) is 10.5 Å². The predicted octanol–water partition coefficient (Wildman–Crippen LogP) is 1.79. The number of piperidine rings is 1. The smallest absolute Gasteiger partial charge is 0.308 e. The van der Waals surface area contributed by atoms with Crippen molar-refractivity contribution in [2.45, 2.75) is 50.9 Å². The van der Waals surface area contributed by atoms with Gasteiger partial charge in [-0.1, -0.05) is 13.8 Å². The molecule has 2 bridgehead atoms. The molecule has 29 heavy (non-hydrogen) atoms. The predicted molar refractivity (Wildman–Crippen MR) is 100 cm³/mol. The Hall–Kier alpha value is -3.00. The monoisotopic (exact) mass is 393 g/mol. The molecule has 4 rings (SSSR count). The number of nitriles is 2. The maximum absolute atomic E-state index is 13.9. The number of nitrogens with zero attached hydrogens (tertiary/aromatic N) is 5. The molecule has 150 valence electrons. The topological polar surface area (TPSA) is 120 Å². The number of esters is 1. The molecule has 0 N–H and O–H groups in total. The zero-order valence-electron chi connectivity index (χ0n) is 16.9. The molecular weight excluding hydrogens is 370 g/mol. The Kier molecular flexibility index (Phi) is 4.34. The van der Waals surface area contributed by atoms with Gasteiger partial charge in [0, 0.05) is 19.0 Å². The quantitative estimate of drug-likeness (QED) is 0.702. The molecule has 2 heterocycles. The highest BCUT2D eigenvalue weighted by Crippen LogP contribution is 2.67. The van der Waals surface area contributed by atoms with Gasteiger partial charge in [0.25, 0.3) is 0 Å². The molecule has 2 fully saturated rings. The van der Waals surface area contributed by atoms with Crippen LogP contribution in [0.25, 0.3) is 0 Å². The van der Waals surface area contributed by atoms with E-state index in [9.17, 15) is 20.1 Å². The summed E-state index contributed by atoms with van der Waals surface area (Å²) in [6.45, 7) is 5.10. The Labute approximate surface area is 169 Å². The Morgan fingerprint density at radius 3 is 2.31 bits per heavy atom. The number of hydrogen-bond acceptors (Lipinski definition) is 7. The van der Waals surface area contributed by atoms with Gasteiger partial charge in [0.05, 0.1) is 29.8 Å². The average molecular weight is 393 g/mol. The number of rotatable bonds is 2. The maximum Gasteiger partial charge on any atom is 0.308 e. The average Bonchev–Trinajstić information content (AvgIpc) is 3.12. The van der Waals surface area contributed by atoms with Crippen LogP contribution in [0.5, 0.6) is 0 Å². The Morgan fingerprint density at radius 1 is 1.10 bits per heavy atom. The van der Waals surface area contributed by atoms with Crippen molar-refractivity contribution in [1.82, 2.24) is 14.9 Å². The van der Waals surface area contributed by atoms with Gasteiger partial charge in [0.1, 0.15) is 12.1 Å². The van der Waals surface area contributed by atoms with Crippen LogP contribution >= 0.6 is 0 Å². The highest BCUT2D eigenvalue weighted by atomic mass is 16.5. The fourth-order valence-electron chi connectivity index (χ4n) is 5.64. The third kappa shape index (κ3) is 2.42. The number of carbonyl (C=O) groups is 2. The highest BCUT2D eigenvalue weighted by molar-refractivity contribution is 5.91. The summed E-state index contributed by atoms with van der Waals surface area (Å²) in [5.74, 6) is -0.377. The van der Waals surface area contributed by atoms with Crippen molar-refractivity contribution in [3.8, 4) is 12.1 Å². The minimum absolute atomic E-state index is 0.00466. The first-order valence-corrected chi connectivity index (χ1v) is 9.91. The van der Waals surface area contributed by atoms with Gasteiger partial charge in [-0.25, -0.2) is 9.97 Å². The van der Waals surface area contributed by atoms with Gasteiger partial charge in [-0.3, -0.25) is 9.59 Å². The molecule has 0 aromatic carbocycles. The molecule has 1 aliphatic heterocycles. The molecule has 8 heteroatoms. The molecular formula is C21H23N5O3. The lowest BCUT2D eigenvalue weighted by molar-refractivity contribution is -0.151. The summed E-state index contributed by atoms with van der Waals surface area (Å²) in [6, 6.07) is 3.90. The lowest BCUT2D eigenvalue weighted by atomic mass is 9.67. The van der Waals surface area contributed by atoms with Crippen LogP contribution in [0.3, 0.4) is 0 Å². The van der Waals surface area contributed by atoms with Gasteiger partial charge in [-0.15, -0.1) is 0 Å². The lowest BCUT2D eigenvalue weighted by Crippen LogP contribution is -2.53. The minimum Gasteiger partial charge on any atom is -0.469 e. The molecule has 0 radical (unpaired) electrons. The fourth-order valence-corrected chi connectivity index (χ4v) is 5.64. The van der Waals surface area contributed by atoms with Crippen LogP contribution in [-0.2, 0) is 19.7 Å². The van der Waals surface area contributed by atoms with E-state index in [1.165, 1.54) is 7.11 Å². The molecule has 8 nitrogen and oxygen atoms in total. The van der Waals surface area contributed by atoms with Crippen molar-refractivity contribution in [3.05, 3.63) is 22.8 Å². The van der Waals surface area contributed by atoms with Crippen LogP contribution in [0.2, 0.25) is 0 Å². The zero-order chi connectivity index (χ0) is 21.0. The van der Waals surface area contributed by atoms with Crippen molar-refractivity contribution >= 4 is 11.9 Å². The Morgan fingerprint density at radius 2 is 1.72 bits per heavy atom. The number of amides is 1. The summed E-state index contributed by atoms with van der Waals surface area (Å²) in [7, 11) is 1.39. The number of likely N-dealkylation sites (tertiary alicyclic amines) is 1. The molecule has 2 unspecified atom stereocenters. The molecule has 2 atom stereocenters. The molecule has 1 saturated carbocycles. The normalized spacial score (nSPS) is 27.1. The summed E-state index contributed by atoms with van der Waals surface area (Å²) in [5.41, 5.74) is -0.00402. The fraction of sp³-hybridized carbons (Fsp3) is 0.619. The maximum atomic E-state index is 13.9. The number of fused-ring (bicyclic) bond motifs is 5. The summed E-state index contributed by atoms with van der Waals surface area (Å²) < 4.78 is 4.84. The van der Waals surface area contributed by atoms with Crippen molar-refractivity contribution in [1.29, 1.82) is 10.5 Å². The summed E-state index contributed by atoms with van der Waals surface area (Å²) >= 11 is 0. The second-order valence-corrected chi connectivity index (χ2v) is 8.69. The third-order valence-electron chi connectivity index (χ3n) is 7.33. The second kappa shape index (κ2) is 6.52. The van der Waals surface area contributed by atoms with Crippen molar-refractivity contribution in [3.63, 3.8) is 0 Å². The van der Waals surface area contributed by atoms with Gasteiger partial charge in [-0.05, 0) is 31.1 Å². The van der Waals surface area contributed by atoms with Gasteiger partial charge in [0.15, 0.2) is 11.4 Å². The first kappa shape index (κ1) is 19.3. The molecule has 3 aliphatic rings. The molecule has 1 amide bonds. The summed E-state index contributed by atoms with van der Waals surface area (Å²) in [5, 5.41) is 18.7. The van der Waals surface area contributed by atoms with E-state index in [1.54, 1.807) is 0 Å². The highest BCUT2D eigenvalue weighted by Gasteiger charge is 2.68. The number of hydrogen-bond donors (Lipinski definition) is 0. The third-order valence-corrected chi connectivity index (χ3v) is 7.33. The molecule has 0 spiro atoms. The van der Waals surface area contributed by atoms with E-state index in [1.807, 2.05) is 17.0 Å². The number of methoxy groups -OCH3 is 1. The van der Waals surface area contributed by atoms with E-state index < -0.39 is 10.8 Å². The number of aromatic nitrogens is 2. The zero-order valence-corrected chi connectivity index (χ0v) is 16.9. The van der Waals surface area contributed by atoms with E-state index in [0.717, 1.165) is 6.42 Å². The van der Waals surface area contributed by atoms with E-state index >= 15 is 0 Å². The van der Waals surface area contributed by atoms with Gasteiger partial charge in [0.2, 0.25) is 5.91 Å². The van der Waals surface area contributed by atoms with Gasteiger partial charge < -0.3 is 9.64 Å². The molecule has 1 aromatic heterocycles. The second-order valence-electron chi connectivity index (χ2n) is 8.69. The van der Waals surface area contributed by atoms with E-state index in [-0.39, 0.29) is 35.1 Å². The largest absolute Gasteiger partial charge is 0.469 e. The number of ether oxygens (including phenoxy) is 1. The van der Waals surface area contributed by atoms with Crippen LogP contribution in [0, 0.1) is 34.0 Å². The first-order valence-electron chi connectivity index (χ1n) is 9.91. The van der Waals surface area contributed by atoms with Crippen molar-refractivity contribution in [2.75, 3.05) is 20.2 Å². The van der Waals surface area contributed by atoms with Crippen molar-refractivity contribution in [2.24, 2.45) is 11.3 Å². The minimum atomic E-state index is -0.850. The van der Waals surface area contributed by atoms with Gasteiger partial charge >= 0.3 is 5.97 Å². The van der Waals surface area contributed by atoms with Crippen LogP contribution in [0.4, 0.5) is 0 Å². The standard InChI is InChI=1S/C21H23N5O3/c1-20(2)13-4-7-21(20,17-16(13)24-14(10-22)15(11-23)25-17)19(28)26-8-5-12(6-9-26)18(27)29-3/h12-13H,4-9H2,1-3H3. The number of carbonyl (C=O) groups excluding carboxylic acids is 2. The van der Waals surface area contributed by atoms with E-state index in [0.29, 0.717) is 43.7 Å². The van der Waals surface area contributed by atoms with Crippen LogP contribution < -0.4 is 0 Å². The van der Waals surface area contributed by atoms with Crippen LogP contribution in [-0.4, -0.2) is 46.9 Å². The van der Waals surface area contributed by atoms with E-state index in [4.69, 9.17) is 4.74 Å². The Balaban J connectivity index is 1.73.